The van der Waals surface area contributed by atoms with Gasteiger partial charge < -0.3 is 20.0 Å². The average Bonchev–Trinajstić information content (AvgIpc) is 3.42. The van der Waals surface area contributed by atoms with Gasteiger partial charge in [-0.2, -0.15) is 0 Å². The number of benzene rings is 1. The molecular formula is C24H23N5O3S2. The summed E-state index contributed by atoms with van der Waals surface area (Å²) in [6.45, 7) is 1.30. The van der Waals surface area contributed by atoms with Crippen LogP contribution in [0.15, 0.2) is 29.3 Å². The first-order chi connectivity index (χ1) is 16.6. The normalized spacial score (nSPS) is 20.4. The lowest BCUT2D eigenvalue weighted by molar-refractivity contribution is -0.138. The van der Waals surface area contributed by atoms with Crippen LogP contribution in [0.1, 0.15) is 29.7 Å². The van der Waals surface area contributed by atoms with E-state index in [4.69, 9.17) is 0 Å². The van der Waals surface area contributed by atoms with E-state index in [-0.39, 0.29) is 22.6 Å². The number of aldehydes is 1. The van der Waals surface area contributed by atoms with E-state index >= 15 is 0 Å². The summed E-state index contributed by atoms with van der Waals surface area (Å²) in [4.78, 5) is 51.9. The summed E-state index contributed by atoms with van der Waals surface area (Å²) in [6, 6.07) is 5.77. The predicted octanol–water partition coefficient (Wildman–Crippen LogP) is 3.88. The smallest absolute Gasteiger partial charge is 0.305 e. The molecular weight excluding hydrogens is 470 g/mol. The van der Waals surface area contributed by atoms with E-state index in [9.17, 15) is 14.4 Å². The second kappa shape index (κ2) is 8.59. The molecule has 0 spiro atoms. The molecule has 0 radical (unpaired) electrons. The number of amides is 1. The number of nitrogens with zero attached hydrogens (tertiary/aromatic N) is 3. The van der Waals surface area contributed by atoms with Crippen LogP contribution >= 0.6 is 22.7 Å². The number of carbonyl (C=O) groups excluding carboxylic acids is 2. The Morgan fingerprint density at radius 3 is 3.03 bits per heavy atom. The summed E-state index contributed by atoms with van der Waals surface area (Å²) >= 11 is 2.82. The molecule has 4 aromatic rings. The molecule has 1 saturated heterocycles. The Bertz CT molecular complexity index is 1470. The number of nitrogens with one attached hydrogen (secondary N) is 2. The van der Waals surface area contributed by atoms with Crippen LogP contribution < -0.4 is 10.2 Å². The highest BCUT2D eigenvalue weighted by Crippen LogP contribution is 2.41. The van der Waals surface area contributed by atoms with Gasteiger partial charge in [-0.15, -0.1) is 11.3 Å². The number of anilines is 2. The van der Waals surface area contributed by atoms with Gasteiger partial charge in [-0.05, 0) is 55.9 Å². The number of carbonyl (C=O) groups is 2. The lowest BCUT2D eigenvalue weighted by Crippen LogP contribution is -2.44. The number of piperidine rings is 1. The van der Waals surface area contributed by atoms with Crippen LogP contribution in [0.4, 0.5) is 11.5 Å². The Hall–Kier alpha value is -3.11. The second-order valence-electron chi connectivity index (χ2n) is 9.02. The van der Waals surface area contributed by atoms with Crippen LogP contribution in [-0.2, 0) is 22.4 Å². The monoisotopic (exact) mass is 493 g/mol. The van der Waals surface area contributed by atoms with Gasteiger partial charge in [0.2, 0.25) is 5.91 Å². The Morgan fingerprint density at radius 2 is 2.15 bits per heavy atom. The number of H-pyrrole nitrogens is 1. The Morgan fingerprint density at radius 1 is 1.24 bits per heavy atom. The molecule has 1 aliphatic heterocycles. The van der Waals surface area contributed by atoms with Crippen LogP contribution in [-0.4, -0.2) is 45.1 Å². The molecule has 0 bridgehead atoms. The van der Waals surface area contributed by atoms with Gasteiger partial charge in [-0.3, -0.25) is 9.59 Å². The van der Waals surface area contributed by atoms with E-state index in [2.05, 4.69) is 20.3 Å². The first kappa shape index (κ1) is 21.4. The highest BCUT2D eigenvalue weighted by molar-refractivity contribution is 7.19. The van der Waals surface area contributed by atoms with E-state index in [0.29, 0.717) is 13.0 Å². The van der Waals surface area contributed by atoms with E-state index in [1.807, 2.05) is 23.1 Å². The molecule has 2 aliphatic rings. The number of thiazole rings is 1. The molecule has 4 heterocycles. The predicted molar refractivity (Wildman–Crippen MR) is 134 cm³/mol. The maximum absolute atomic E-state index is 13.2. The van der Waals surface area contributed by atoms with Crippen LogP contribution in [0.5, 0.6) is 0 Å². The van der Waals surface area contributed by atoms with Crippen molar-refractivity contribution in [2.45, 2.75) is 32.1 Å². The second-order valence-corrected chi connectivity index (χ2v) is 11.1. The van der Waals surface area contributed by atoms with Crippen molar-refractivity contribution in [3.63, 3.8) is 0 Å². The molecule has 2 atom stereocenters. The molecule has 1 aliphatic carbocycles. The number of hydrogen-bond acceptors (Lipinski definition) is 8. The standard InChI is InChI=1S/C24H23N5O3S2/c30-11-13-2-1-7-29(10-13)23(31)14-3-5-16-18(8-14)33-22-20(16)21(25-12-26-22)27-15-4-6-17-19(9-15)34-24(32)28-17/h4,6,9,11-14H,1-3,5,7-8,10H2,(H,28,32)(H,25,26,27). The van der Waals surface area contributed by atoms with Gasteiger partial charge in [0, 0.05) is 35.5 Å². The van der Waals surface area contributed by atoms with Crippen molar-refractivity contribution < 1.29 is 9.59 Å². The van der Waals surface area contributed by atoms with Crippen LogP contribution in [0.2, 0.25) is 0 Å². The molecule has 2 N–H and O–H groups in total. The van der Waals surface area contributed by atoms with Crippen molar-refractivity contribution in [1.82, 2.24) is 19.9 Å². The molecule has 1 amide bonds. The quantitative estimate of drug-likeness (QED) is 0.418. The summed E-state index contributed by atoms with van der Waals surface area (Å²) in [5.41, 5.74) is 2.91. The number of rotatable bonds is 4. The minimum absolute atomic E-state index is 0.0309. The Kier molecular flexibility index (Phi) is 5.41. The van der Waals surface area contributed by atoms with E-state index in [1.54, 1.807) is 17.7 Å². The lowest BCUT2D eigenvalue weighted by Gasteiger charge is -2.34. The van der Waals surface area contributed by atoms with E-state index in [0.717, 1.165) is 70.5 Å². The molecule has 0 saturated carbocycles. The van der Waals surface area contributed by atoms with Gasteiger partial charge in [-0.25, -0.2) is 9.97 Å². The zero-order valence-electron chi connectivity index (χ0n) is 18.4. The summed E-state index contributed by atoms with van der Waals surface area (Å²) in [5.74, 6) is 0.850. The molecule has 8 nitrogen and oxygen atoms in total. The fraction of sp³-hybridized carbons (Fsp3) is 0.375. The Balaban J connectivity index is 1.27. The highest BCUT2D eigenvalue weighted by Gasteiger charge is 2.33. The third kappa shape index (κ3) is 3.80. The molecule has 2 unspecified atom stereocenters. The molecule has 6 rings (SSSR count). The van der Waals surface area contributed by atoms with Crippen LogP contribution in [0, 0.1) is 11.8 Å². The fourth-order valence-electron chi connectivity index (χ4n) is 5.16. The van der Waals surface area contributed by atoms with Crippen molar-refractivity contribution in [1.29, 1.82) is 0 Å². The SMILES string of the molecule is O=CC1CCCN(C(=O)C2CCc3c(sc4ncnc(Nc5ccc6[nH]c(=O)sc6c5)c34)C2)C1. The average molecular weight is 494 g/mol. The van der Waals surface area contributed by atoms with E-state index in [1.165, 1.54) is 21.8 Å². The summed E-state index contributed by atoms with van der Waals surface area (Å²) in [5, 5.41) is 4.44. The molecule has 1 fully saturated rings. The summed E-state index contributed by atoms with van der Waals surface area (Å²) < 4.78 is 0.892. The molecule has 34 heavy (non-hydrogen) atoms. The van der Waals surface area contributed by atoms with Crippen molar-refractivity contribution in [2.75, 3.05) is 18.4 Å². The highest BCUT2D eigenvalue weighted by atomic mass is 32.1. The number of hydrogen-bond donors (Lipinski definition) is 2. The van der Waals surface area contributed by atoms with Crippen molar-refractivity contribution in [2.24, 2.45) is 11.8 Å². The van der Waals surface area contributed by atoms with Gasteiger partial charge in [0.05, 0.1) is 15.6 Å². The molecule has 174 valence electrons. The number of fused-ring (bicyclic) bond motifs is 4. The van der Waals surface area contributed by atoms with Crippen molar-refractivity contribution in [3.8, 4) is 0 Å². The summed E-state index contributed by atoms with van der Waals surface area (Å²) in [6.07, 6.45) is 6.63. The Labute approximate surface area is 203 Å². The zero-order chi connectivity index (χ0) is 23.2. The maximum atomic E-state index is 13.2. The van der Waals surface area contributed by atoms with Crippen LogP contribution in [0.3, 0.4) is 0 Å². The maximum Gasteiger partial charge on any atom is 0.305 e. The first-order valence-electron chi connectivity index (χ1n) is 11.5. The van der Waals surface area contributed by atoms with E-state index < -0.39 is 0 Å². The lowest BCUT2D eigenvalue weighted by atomic mass is 9.86. The van der Waals surface area contributed by atoms with Crippen molar-refractivity contribution >= 4 is 66.8 Å². The fourth-order valence-corrected chi connectivity index (χ4v) is 7.20. The third-order valence-electron chi connectivity index (χ3n) is 6.84. The largest absolute Gasteiger partial charge is 0.342 e. The van der Waals surface area contributed by atoms with Gasteiger partial charge in [0.1, 0.15) is 23.3 Å². The van der Waals surface area contributed by atoms with Crippen LogP contribution in [0.25, 0.3) is 20.4 Å². The van der Waals surface area contributed by atoms with Gasteiger partial charge in [0.15, 0.2) is 0 Å². The summed E-state index contributed by atoms with van der Waals surface area (Å²) in [7, 11) is 0. The molecule has 1 aromatic carbocycles. The number of aryl methyl sites for hydroxylation is 1. The number of likely N-dealkylation sites (tertiary alicyclic amines) is 1. The van der Waals surface area contributed by atoms with Gasteiger partial charge in [-0.1, -0.05) is 11.3 Å². The minimum Gasteiger partial charge on any atom is -0.342 e. The van der Waals surface area contributed by atoms with Gasteiger partial charge in [0.25, 0.3) is 0 Å². The third-order valence-corrected chi connectivity index (χ3v) is 8.85. The number of aromatic nitrogens is 3. The minimum atomic E-state index is -0.0705. The topological polar surface area (TPSA) is 108 Å². The first-order valence-corrected chi connectivity index (χ1v) is 13.1. The number of aromatic amines is 1. The molecule has 3 aromatic heterocycles. The number of thiophene rings is 1. The molecule has 10 heteroatoms. The van der Waals surface area contributed by atoms with Gasteiger partial charge >= 0.3 is 4.87 Å². The zero-order valence-corrected chi connectivity index (χ0v) is 20.0. The van der Waals surface area contributed by atoms with Crippen molar-refractivity contribution in [3.05, 3.63) is 44.6 Å².